The van der Waals surface area contributed by atoms with Gasteiger partial charge >= 0.3 is 0 Å². The number of fused-ring (bicyclic) bond motifs is 1. The molecule has 3 rings (SSSR count). The molecule has 0 bridgehead atoms. The second-order valence-corrected chi connectivity index (χ2v) is 6.73. The van der Waals surface area contributed by atoms with Crippen LogP contribution in [0.1, 0.15) is 36.8 Å². The van der Waals surface area contributed by atoms with Gasteiger partial charge in [0.25, 0.3) is 0 Å². The van der Waals surface area contributed by atoms with Crippen molar-refractivity contribution in [3.05, 3.63) is 27.7 Å². The number of rotatable bonds is 2. The Hall–Kier alpha value is -0.830. The lowest BCUT2D eigenvalue weighted by Crippen LogP contribution is -2.24. The monoisotopic (exact) mass is 307 g/mol. The van der Waals surface area contributed by atoms with Crippen LogP contribution in [0, 0.1) is 25.2 Å². The van der Waals surface area contributed by atoms with Crippen LogP contribution in [-0.4, -0.2) is 5.91 Å². The molecule has 0 aromatic heterocycles. The Morgan fingerprint density at radius 2 is 2.06 bits per heavy atom. The molecule has 0 spiro atoms. The third-order valence-corrected chi connectivity index (χ3v) is 5.05. The molecule has 1 aromatic rings. The van der Waals surface area contributed by atoms with Crippen LogP contribution in [0.15, 0.2) is 16.6 Å². The molecular weight excluding hydrogens is 290 g/mol. The number of aryl methyl sites for hydroxylation is 2. The molecule has 18 heavy (non-hydrogen) atoms. The fourth-order valence-electron chi connectivity index (χ4n) is 3.47. The number of carbonyl (C=O) groups is 1. The predicted octanol–water partition coefficient (Wildman–Crippen LogP) is 4.19. The van der Waals surface area contributed by atoms with Crippen LogP contribution in [0.3, 0.4) is 0 Å². The van der Waals surface area contributed by atoms with E-state index in [1.807, 2.05) is 13.8 Å². The van der Waals surface area contributed by atoms with Crippen molar-refractivity contribution in [2.24, 2.45) is 11.3 Å². The molecule has 2 saturated carbocycles. The second-order valence-electron chi connectivity index (χ2n) is 5.82. The van der Waals surface area contributed by atoms with Gasteiger partial charge < -0.3 is 5.32 Å². The molecule has 2 fully saturated rings. The van der Waals surface area contributed by atoms with Gasteiger partial charge in [-0.15, -0.1) is 0 Å². The first kappa shape index (κ1) is 12.2. The molecule has 96 valence electrons. The minimum atomic E-state index is -0.00798. The van der Waals surface area contributed by atoms with Crippen LogP contribution < -0.4 is 5.32 Å². The zero-order valence-electron chi connectivity index (χ0n) is 10.8. The predicted molar refractivity (Wildman–Crippen MR) is 76.6 cm³/mol. The Balaban J connectivity index is 1.83. The Bertz CT molecular complexity index is 502. The van der Waals surface area contributed by atoms with Crippen molar-refractivity contribution in [2.75, 3.05) is 5.32 Å². The minimum Gasteiger partial charge on any atom is -0.325 e. The second kappa shape index (κ2) is 4.09. The SMILES string of the molecule is Cc1cc(Br)cc(C)c1NC(=O)C12CCCC1C2. The molecule has 2 aliphatic carbocycles. The van der Waals surface area contributed by atoms with Gasteiger partial charge in [0.15, 0.2) is 0 Å². The lowest BCUT2D eigenvalue weighted by atomic mass is 10.0. The van der Waals surface area contributed by atoms with Crippen molar-refractivity contribution < 1.29 is 4.79 Å². The molecular formula is C15H18BrNO. The highest BCUT2D eigenvalue weighted by Crippen LogP contribution is 2.64. The number of amides is 1. The quantitative estimate of drug-likeness (QED) is 0.872. The van der Waals surface area contributed by atoms with Crippen LogP contribution >= 0.6 is 15.9 Å². The highest BCUT2D eigenvalue weighted by atomic mass is 79.9. The van der Waals surface area contributed by atoms with Gasteiger partial charge in [-0.25, -0.2) is 0 Å². The zero-order chi connectivity index (χ0) is 12.9. The molecule has 0 saturated heterocycles. The lowest BCUT2D eigenvalue weighted by Gasteiger charge is -2.16. The van der Waals surface area contributed by atoms with E-state index < -0.39 is 0 Å². The van der Waals surface area contributed by atoms with E-state index in [2.05, 4.69) is 33.4 Å². The maximum Gasteiger partial charge on any atom is 0.230 e. The number of nitrogens with one attached hydrogen (secondary N) is 1. The first-order valence-corrected chi connectivity index (χ1v) is 7.40. The van der Waals surface area contributed by atoms with Crippen LogP contribution in [0.2, 0.25) is 0 Å². The summed E-state index contributed by atoms with van der Waals surface area (Å²) in [5, 5.41) is 3.17. The zero-order valence-corrected chi connectivity index (χ0v) is 12.4. The normalized spacial score (nSPS) is 28.9. The van der Waals surface area contributed by atoms with Crippen LogP contribution in [0.25, 0.3) is 0 Å². The average Bonchev–Trinajstić information content (AvgIpc) is 2.86. The van der Waals surface area contributed by atoms with Gasteiger partial charge in [0, 0.05) is 10.2 Å². The molecule has 0 heterocycles. The number of anilines is 1. The average molecular weight is 308 g/mol. The summed E-state index contributed by atoms with van der Waals surface area (Å²) in [5.41, 5.74) is 3.24. The van der Waals surface area contributed by atoms with Crippen molar-refractivity contribution in [3.63, 3.8) is 0 Å². The fraction of sp³-hybridized carbons (Fsp3) is 0.533. The van der Waals surface area contributed by atoms with Gasteiger partial charge in [0.2, 0.25) is 5.91 Å². The highest BCUT2D eigenvalue weighted by Gasteiger charge is 2.61. The molecule has 0 radical (unpaired) electrons. The van der Waals surface area contributed by atoms with E-state index in [9.17, 15) is 4.79 Å². The summed E-state index contributed by atoms with van der Waals surface area (Å²) in [6, 6.07) is 4.11. The molecule has 1 N–H and O–H groups in total. The van der Waals surface area contributed by atoms with Crippen LogP contribution in [-0.2, 0) is 4.79 Å². The first-order chi connectivity index (χ1) is 8.53. The number of carbonyl (C=O) groups excluding carboxylic acids is 1. The number of benzene rings is 1. The summed E-state index contributed by atoms with van der Waals surface area (Å²) < 4.78 is 1.07. The van der Waals surface area contributed by atoms with Gasteiger partial charge in [0.1, 0.15) is 0 Å². The number of halogens is 1. The standard InChI is InChI=1S/C15H18BrNO/c1-9-6-12(16)7-10(2)13(9)17-14(18)15-5-3-4-11(15)8-15/h6-7,11H,3-5,8H2,1-2H3,(H,17,18). The molecule has 1 amide bonds. The van der Waals surface area contributed by atoms with E-state index in [4.69, 9.17) is 0 Å². The molecule has 2 nitrogen and oxygen atoms in total. The third-order valence-electron chi connectivity index (χ3n) is 4.60. The van der Waals surface area contributed by atoms with Gasteiger partial charge in [-0.05, 0) is 62.3 Å². The molecule has 2 unspecified atom stereocenters. The third kappa shape index (κ3) is 1.80. The first-order valence-electron chi connectivity index (χ1n) is 6.61. The highest BCUT2D eigenvalue weighted by molar-refractivity contribution is 9.10. The molecule has 1 aromatic carbocycles. The summed E-state index contributed by atoms with van der Waals surface area (Å²) >= 11 is 3.49. The maximum atomic E-state index is 12.4. The van der Waals surface area contributed by atoms with E-state index >= 15 is 0 Å². The Morgan fingerprint density at radius 3 is 2.56 bits per heavy atom. The molecule has 2 atom stereocenters. The summed E-state index contributed by atoms with van der Waals surface area (Å²) in [6.45, 7) is 4.09. The fourth-order valence-corrected chi connectivity index (χ4v) is 4.15. The minimum absolute atomic E-state index is 0.00798. The summed E-state index contributed by atoms with van der Waals surface area (Å²) in [6.07, 6.45) is 4.65. The van der Waals surface area contributed by atoms with Crippen LogP contribution in [0.5, 0.6) is 0 Å². The number of hydrogen-bond acceptors (Lipinski definition) is 1. The molecule has 2 aliphatic rings. The molecule has 0 aliphatic heterocycles. The van der Waals surface area contributed by atoms with E-state index in [1.54, 1.807) is 0 Å². The van der Waals surface area contributed by atoms with Gasteiger partial charge in [-0.2, -0.15) is 0 Å². The largest absolute Gasteiger partial charge is 0.325 e. The summed E-state index contributed by atoms with van der Waals surface area (Å²) in [4.78, 5) is 12.4. The van der Waals surface area contributed by atoms with Gasteiger partial charge in [-0.3, -0.25) is 4.79 Å². The summed E-state index contributed by atoms with van der Waals surface area (Å²) in [7, 11) is 0. The topological polar surface area (TPSA) is 29.1 Å². The number of hydrogen-bond donors (Lipinski definition) is 1. The Labute approximate surface area is 116 Å². The van der Waals surface area contributed by atoms with E-state index in [1.165, 1.54) is 12.8 Å². The van der Waals surface area contributed by atoms with Crippen molar-refractivity contribution in [3.8, 4) is 0 Å². The van der Waals surface area contributed by atoms with Crippen molar-refractivity contribution in [1.29, 1.82) is 0 Å². The van der Waals surface area contributed by atoms with E-state index in [0.717, 1.165) is 34.1 Å². The van der Waals surface area contributed by atoms with Crippen molar-refractivity contribution in [1.82, 2.24) is 0 Å². The van der Waals surface area contributed by atoms with Gasteiger partial charge in [0.05, 0.1) is 5.41 Å². The Morgan fingerprint density at radius 1 is 1.39 bits per heavy atom. The smallest absolute Gasteiger partial charge is 0.230 e. The van der Waals surface area contributed by atoms with Gasteiger partial charge in [-0.1, -0.05) is 22.4 Å². The van der Waals surface area contributed by atoms with E-state index in [0.29, 0.717) is 5.92 Å². The maximum absolute atomic E-state index is 12.4. The van der Waals surface area contributed by atoms with Crippen molar-refractivity contribution in [2.45, 2.75) is 39.5 Å². The Kier molecular flexibility index (Phi) is 2.77. The van der Waals surface area contributed by atoms with Crippen LogP contribution in [0.4, 0.5) is 5.69 Å². The summed E-state index contributed by atoms with van der Waals surface area (Å²) in [5.74, 6) is 0.909. The molecule has 3 heteroatoms. The van der Waals surface area contributed by atoms with Crippen molar-refractivity contribution >= 4 is 27.5 Å². The lowest BCUT2D eigenvalue weighted by molar-refractivity contribution is -0.121. The van der Waals surface area contributed by atoms with E-state index in [-0.39, 0.29) is 11.3 Å².